The fourth-order valence-electron chi connectivity index (χ4n) is 1.65. The van der Waals surface area contributed by atoms with Crippen molar-refractivity contribution >= 4 is 17.3 Å². The molecule has 0 aliphatic carbocycles. The molecule has 0 atom stereocenters. The minimum Gasteiger partial charge on any atom is -0.497 e. The highest BCUT2D eigenvalue weighted by atomic mass is 35.5. The molecule has 2 rings (SSSR count). The molecule has 0 bridgehead atoms. The predicted octanol–water partition coefficient (Wildman–Crippen LogP) is 4.13. The second kappa shape index (κ2) is 6.25. The normalized spacial score (nSPS) is 10.1. The van der Waals surface area contributed by atoms with E-state index in [0.717, 1.165) is 5.75 Å². The summed E-state index contributed by atoms with van der Waals surface area (Å²) in [6, 6.07) is 11.4. The molecule has 2 aromatic carbocycles. The van der Waals surface area contributed by atoms with Crippen molar-refractivity contribution in [3.8, 4) is 17.2 Å². The van der Waals surface area contributed by atoms with Crippen LogP contribution in [-0.4, -0.2) is 12.0 Å². The largest absolute Gasteiger partial charge is 0.497 e. The Labute approximate surface area is 120 Å². The number of ether oxygens (including phenoxy) is 2. The average Bonchev–Trinajstić information content (AvgIpc) is 2.48. The van der Waals surface area contributed by atoms with Gasteiger partial charge >= 0.3 is 0 Å². The van der Waals surface area contributed by atoms with Crippen molar-refractivity contribution < 1.29 is 14.4 Å². The van der Waals surface area contributed by atoms with Crippen LogP contribution in [0.25, 0.3) is 0 Å². The van der Waals surface area contributed by atoms with Crippen molar-refractivity contribution in [1.82, 2.24) is 0 Å². The lowest BCUT2D eigenvalue weighted by Gasteiger charge is -2.10. The van der Waals surface area contributed by atoms with Crippen molar-refractivity contribution in [1.29, 1.82) is 0 Å². The van der Waals surface area contributed by atoms with Gasteiger partial charge in [-0.1, -0.05) is 0 Å². The molecule has 0 heterocycles. The highest BCUT2D eigenvalue weighted by Gasteiger charge is 2.11. The number of nitrogens with zero attached hydrogens (tertiary/aromatic N) is 1. The summed E-state index contributed by atoms with van der Waals surface area (Å²) in [6.07, 6.45) is 0. The van der Waals surface area contributed by atoms with Crippen LogP contribution in [0.15, 0.2) is 42.5 Å². The second-order valence-corrected chi connectivity index (χ2v) is 4.23. The van der Waals surface area contributed by atoms with Gasteiger partial charge in [0.25, 0.3) is 5.69 Å². The molecular formula is C14H12ClNO4. The zero-order valence-electron chi connectivity index (χ0n) is 10.7. The molecule has 0 spiro atoms. The molecule has 0 amide bonds. The first-order valence-electron chi connectivity index (χ1n) is 5.79. The highest BCUT2D eigenvalue weighted by Crippen LogP contribution is 2.30. The lowest BCUT2D eigenvalue weighted by atomic mass is 10.2. The monoisotopic (exact) mass is 293 g/mol. The van der Waals surface area contributed by atoms with Crippen LogP contribution in [0.3, 0.4) is 0 Å². The van der Waals surface area contributed by atoms with Crippen LogP contribution in [0.5, 0.6) is 17.2 Å². The Hall–Kier alpha value is -2.27. The molecule has 20 heavy (non-hydrogen) atoms. The van der Waals surface area contributed by atoms with Crippen LogP contribution >= 0.6 is 11.6 Å². The van der Waals surface area contributed by atoms with Gasteiger partial charge in [0.05, 0.1) is 17.9 Å². The lowest BCUT2D eigenvalue weighted by molar-refractivity contribution is -0.384. The van der Waals surface area contributed by atoms with E-state index in [1.54, 1.807) is 37.4 Å². The molecule has 0 aromatic heterocycles. The van der Waals surface area contributed by atoms with Crippen molar-refractivity contribution in [2.75, 3.05) is 7.11 Å². The number of benzene rings is 2. The predicted molar refractivity (Wildman–Crippen MR) is 75.7 cm³/mol. The lowest BCUT2D eigenvalue weighted by Crippen LogP contribution is -1.93. The highest BCUT2D eigenvalue weighted by molar-refractivity contribution is 6.17. The van der Waals surface area contributed by atoms with Crippen LogP contribution in [0, 0.1) is 10.1 Å². The molecule has 0 aliphatic rings. The van der Waals surface area contributed by atoms with Gasteiger partial charge in [-0.3, -0.25) is 10.1 Å². The average molecular weight is 294 g/mol. The van der Waals surface area contributed by atoms with E-state index in [1.807, 2.05) is 0 Å². The fraction of sp³-hybridized carbons (Fsp3) is 0.143. The molecular weight excluding hydrogens is 282 g/mol. The summed E-state index contributed by atoms with van der Waals surface area (Å²) in [5.41, 5.74) is 0.555. The third-order valence-electron chi connectivity index (χ3n) is 2.69. The van der Waals surface area contributed by atoms with Gasteiger partial charge in [0.1, 0.15) is 17.2 Å². The second-order valence-electron chi connectivity index (χ2n) is 3.96. The summed E-state index contributed by atoms with van der Waals surface area (Å²) in [7, 11) is 1.58. The molecule has 0 saturated heterocycles. The Balaban J connectivity index is 2.25. The van der Waals surface area contributed by atoms with Crippen LogP contribution in [-0.2, 0) is 5.88 Å². The van der Waals surface area contributed by atoms with Crippen LogP contribution < -0.4 is 9.47 Å². The zero-order chi connectivity index (χ0) is 14.5. The van der Waals surface area contributed by atoms with Gasteiger partial charge in [-0.25, -0.2) is 0 Å². The molecule has 0 N–H and O–H groups in total. The summed E-state index contributed by atoms with van der Waals surface area (Å²) >= 11 is 5.80. The number of nitro groups is 1. The van der Waals surface area contributed by atoms with Crippen molar-refractivity contribution in [3.05, 3.63) is 58.1 Å². The van der Waals surface area contributed by atoms with Gasteiger partial charge in [0.15, 0.2) is 0 Å². The third-order valence-corrected chi connectivity index (χ3v) is 2.97. The Morgan fingerprint density at radius 2 is 1.80 bits per heavy atom. The number of halogens is 1. The molecule has 2 aromatic rings. The summed E-state index contributed by atoms with van der Waals surface area (Å²) in [5.74, 6) is 1.95. The van der Waals surface area contributed by atoms with E-state index in [-0.39, 0.29) is 11.6 Å². The number of alkyl halides is 1. The fourth-order valence-corrected chi connectivity index (χ4v) is 1.86. The number of hydrogen-bond acceptors (Lipinski definition) is 4. The minimum absolute atomic E-state index is 0.0114. The molecule has 0 unspecified atom stereocenters. The van der Waals surface area contributed by atoms with E-state index < -0.39 is 4.92 Å². The van der Waals surface area contributed by atoms with Gasteiger partial charge < -0.3 is 9.47 Å². The summed E-state index contributed by atoms with van der Waals surface area (Å²) in [4.78, 5) is 10.3. The number of methoxy groups -OCH3 is 1. The molecule has 5 nitrogen and oxygen atoms in total. The summed E-state index contributed by atoms with van der Waals surface area (Å²) < 4.78 is 10.7. The standard InChI is InChI=1S/C14H12ClNO4/c1-19-12-3-5-13(6-4-12)20-14-7-2-11(16(17)18)8-10(14)9-15/h2-8H,9H2,1H3. The van der Waals surface area contributed by atoms with Crippen molar-refractivity contribution in [2.24, 2.45) is 0 Å². The Morgan fingerprint density at radius 1 is 1.15 bits per heavy atom. The first-order valence-corrected chi connectivity index (χ1v) is 6.32. The zero-order valence-corrected chi connectivity index (χ0v) is 11.5. The summed E-state index contributed by atoms with van der Waals surface area (Å²) in [6.45, 7) is 0. The molecule has 6 heteroatoms. The first-order chi connectivity index (χ1) is 9.63. The Morgan fingerprint density at radius 3 is 2.35 bits per heavy atom. The molecule has 0 fully saturated rings. The Bertz CT molecular complexity index is 613. The van der Waals surface area contributed by atoms with Gasteiger partial charge in [-0.05, 0) is 30.3 Å². The van der Waals surface area contributed by atoms with Gasteiger partial charge in [-0.2, -0.15) is 0 Å². The number of nitro benzene ring substituents is 1. The number of non-ortho nitro benzene ring substituents is 1. The maximum absolute atomic E-state index is 10.7. The van der Waals surface area contributed by atoms with Gasteiger partial charge in [0.2, 0.25) is 0 Å². The molecule has 0 radical (unpaired) electrons. The summed E-state index contributed by atoms with van der Waals surface area (Å²) in [5, 5.41) is 10.7. The molecule has 104 valence electrons. The third kappa shape index (κ3) is 3.19. The molecule has 0 saturated carbocycles. The van der Waals surface area contributed by atoms with Gasteiger partial charge in [0, 0.05) is 17.7 Å². The first kappa shape index (κ1) is 14.1. The maximum atomic E-state index is 10.7. The minimum atomic E-state index is -0.465. The van der Waals surface area contributed by atoms with Crippen LogP contribution in [0.2, 0.25) is 0 Å². The SMILES string of the molecule is COc1ccc(Oc2ccc([N+](=O)[O-])cc2CCl)cc1. The quantitative estimate of drug-likeness (QED) is 0.472. The van der Waals surface area contributed by atoms with Crippen LogP contribution in [0.4, 0.5) is 5.69 Å². The van der Waals surface area contributed by atoms with Crippen molar-refractivity contribution in [2.45, 2.75) is 5.88 Å². The maximum Gasteiger partial charge on any atom is 0.270 e. The van der Waals surface area contributed by atoms with E-state index in [1.165, 1.54) is 12.1 Å². The van der Waals surface area contributed by atoms with Crippen LogP contribution in [0.1, 0.15) is 5.56 Å². The van der Waals surface area contributed by atoms with E-state index >= 15 is 0 Å². The van der Waals surface area contributed by atoms with E-state index in [2.05, 4.69) is 0 Å². The van der Waals surface area contributed by atoms with Crippen molar-refractivity contribution in [3.63, 3.8) is 0 Å². The van der Waals surface area contributed by atoms with E-state index in [4.69, 9.17) is 21.1 Å². The topological polar surface area (TPSA) is 61.6 Å². The molecule has 0 aliphatic heterocycles. The van der Waals surface area contributed by atoms with E-state index in [0.29, 0.717) is 17.1 Å². The van der Waals surface area contributed by atoms with Gasteiger partial charge in [-0.15, -0.1) is 11.6 Å². The smallest absolute Gasteiger partial charge is 0.270 e. The Kier molecular flexibility index (Phi) is 4.42. The number of hydrogen-bond donors (Lipinski definition) is 0. The van der Waals surface area contributed by atoms with E-state index in [9.17, 15) is 10.1 Å². The number of rotatable bonds is 5.